The van der Waals surface area contributed by atoms with Crippen molar-refractivity contribution in [1.82, 2.24) is 0 Å². The smallest absolute Gasteiger partial charge is 0.336 e. The largest absolute Gasteiger partial charge is 0.493 e. The van der Waals surface area contributed by atoms with Crippen LogP contribution in [0.2, 0.25) is 0 Å². The van der Waals surface area contributed by atoms with Gasteiger partial charge in [-0.05, 0) is 12.1 Å². The van der Waals surface area contributed by atoms with E-state index in [-0.39, 0.29) is 5.56 Å². The molecule has 0 bridgehead atoms. The van der Waals surface area contributed by atoms with Gasteiger partial charge in [0.25, 0.3) is 0 Å². The van der Waals surface area contributed by atoms with Crippen molar-refractivity contribution in [3.05, 3.63) is 29.3 Å². The first-order chi connectivity index (χ1) is 6.70. The highest BCUT2D eigenvalue weighted by Gasteiger charge is 2.24. The molecule has 2 N–H and O–H groups in total. The van der Waals surface area contributed by atoms with Gasteiger partial charge >= 0.3 is 5.97 Å². The third-order valence-corrected chi connectivity index (χ3v) is 2.28. The average molecular weight is 194 g/mol. The number of hydrogen-bond donors (Lipinski definition) is 2. The van der Waals surface area contributed by atoms with Crippen LogP contribution in [0.25, 0.3) is 0 Å². The van der Waals surface area contributed by atoms with Gasteiger partial charge in [-0.1, -0.05) is 6.07 Å². The molecule has 1 aromatic carbocycles. The van der Waals surface area contributed by atoms with Crippen LogP contribution in [0.3, 0.4) is 0 Å². The predicted molar refractivity (Wildman–Crippen MR) is 48.5 cm³/mol. The first kappa shape index (κ1) is 9.02. The zero-order valence-corrected chi connectivity index (χ0v) is 7.43. The summed E-state index contributed by atoms with van der Waals surface area (Å²) in [6, 6.07) is 4.75. The minimum Gasteiger partial charge on any atom is -0.493 e. The summed E-state index contributed by atoms with van der Waals surface area (Å²) in [5.41, 5.74) is 0.515. The lowest BCUT2D eigenvalue weighted by Gasteiger charge is -2.23. The van der Waals surface area contributed by atoms with E-state index in [0.717, 1.165) is 0 Å². The van der Waals surface area contributed by atoms with E-state index >= 15 is 0 Å². The summed E-state index contributed by atoms with van der Waals surface area (Å²) < 4.78 is 5.26. The van der Waals surface area contributed by atoms with Crippen LogP contribution in [0.4, 0.5) is 0 Å². The number of aliphatic hydroxyl groups is 1. The highest BCUT2D eigenvalue weighted by atomic mass is 16.5. The lowest BCUT2D eigenvalue weighted by atomic mass is 9.97. The summed E-state index contributed by atoms with van der Waals surface area (Å²) in [6.07, 6.45) is -0.289. The Morgan fingerprint density at radius 2 is 2.29 bits per heavy atom. The first-order valence-corrected chi connectivity index (χ1v) is 4.37. The SMILES string of the molecule is O=C(O)c1cccc2c1C(O)CCO2. The zero-order valence-electron chi connectivity index (χ0n) is 7.43. The Labute approximate surface area is 80.7 Å². The minimum atomic E-state index is -1.04. The lowest BCUT2D eigenvalue weighted by Crippen LogP contribution is -2.17. The summed E-state index contributed by atoms with van der Waals surface area (Å²) >= 11 is 0. The van der Waals surface area contributed by atoms with Crippen molar-refractivity contribution in [2.75, 3.05) is 6.61 Å². The van der Waals surface area contributed by atoms with Crippen LogP contribution in [0.15, 0.2) is 18.2 Å². The molecule has 0 saturated carbocycles. The molecular weight excluding hydrogens is 184 g/mol. The number of fused-ring (bicyclic) bond motifs is 1. The number of aliphatic hydroxyl groups excluding tert-OH is 1. The molecule has 4 nitrogen and oxygen atoms in total. The number of carboxylic acid groups (broad SMARTS) is 1. The van der Waals surface area contributed by atoms with E-state index in [9.17, 15) is 9.90 Å². The fourth-order valence-electron chi connectivity index (χ4n) is 1.62. The number of ether oxygens (including phenoxy) is 1. The third kappa shape index (κ3) is 1.33. The van der Waals surface area contributed by atoms with E-state index in [0.29, 0.717) is 24.3 Å². The Morgan fingerprint density at radius 1 is 1.50 bits per heavy atom. The van der Waals surface area contributed by atoms with Crippen molar-refractivity contribution in [2.45, 2.75) is 12.5 Å². The van der Waals surface area contributed by atoms with Crippen LogP contribution in [-0.4, -0.2) is 22.8 Å². The van der Waals surface area contributed by atoms with Gasteiger partial charge in [0.1, 0.15) is 5.75 Å². The molecule has 0 aromatic heterocycles. The van der Waals surface area contributed by atoms with Gasteiger partial charge in [-0.15, -0.1) is 0 Å². The highest BCUT2D eigenvalue weighted by molar-refractivity contribution is 5.90. The summed E-state index contributed by atoms with van der Waals surface area (Å²) in [4.78, 5) is 10.9. The van der Waals surface area contributed by atoms with E-state index in [2.05, 4.69) is 0 Å². The fraction of sp³-hybridized carbons (Fsp3) is 0.300. The second-order valence-electron chi connectivity index (χ2n) is 3.18. The van der Waals surface area contributed by atoms with E-state index in [1.165, 1.54) is 6.07 Å². The van der Waals surface area contributed by atoms with Gasteiger partial charge in [0.2, 0.25) is 0 Å². The van der Waals surface area contributed by atoms with Gasteiger partial charge in [-0.25, -0.2) is 4.79 Å². The molecule has 14 heavy (non-hydrogen) atoms. The van der Waals surface area contributed by atoms with Crippen LogP contribution in [0.1, 0.15) is 28.4 Å². The molecule has 0 amide bonds. The predicted octanol–water partition coefficient (Wildman–Crippen LogP) is 1.20. The monoisotopic (exact) mass is 194 g/mol. The molecule has 0 aliphatic carbocycles. The molecule has 74 valence electrons. The van der Waals surface area contributed by atoms with Crippen molar-refractivity contribution in [3.8, 4) is 5.75 Å². The Balaban J connectivity index is 2.57. The van der Waals surface area contributed by atoms with Gasteiger partial charge in [0, 0.05) is 12.0 Å². The summed E-state index contributed by atoms with van der Waals surface area (Å²) in [6.45, 7) is 0.428. The van der Waals surface area contributed by atoms with Crippen molar-refractivity contribution in [2.24, 2.45) is 0 Å². The Bertz CT molecular complexity index is 372. The molecule has 1 aromatic rings. The standard InChI is InChI=1S/C10H10O4/c11-7-4-5-14-8-3-1-2-6(9(7)8)10(12)13/h1-3,7,11H,4-5H2,(H,12,13). The molecule has 0 radical (unpaired) electrons. The van der Waals surface area contributed by atoms with Gasteiger partial charge in [0.15, 0.2) is 0 Å². The summed E-state index contributed by atoms with van der Waals surface area (Å²) in [5.74, 6) is -0.560. The quantitative estimate of drug-likeness (QED) is 0.704. The number of aromatic carboxylic acids is 1. The van der Waals surface area contributed by atoms with E-state index in [1.54, 1.807) is 12.1 Å². The van der Waals surface area contributed by atoms with E-state index in [1.807, 2.05) is 0 Å². The Morgan fingerprint density at radius 3 is 3.00 bits per heavy atom. The zero-order chi connectivity index (χ0) is 10.1. The number of hydrogen-bond acceptors (Lipinski definition) is 3. The minimum absolute atomic E-state index is 0.120. The third-order valence-electron chi connectivity index (χ3n) is 2.28. The maximum Gasteiger partial charge on any atom is 0.336 e. The van der Waals surface area contributed by atoms with Crippen molar-refractivity contribution >= 4 is 5.97 Å². The van der Waals surface area contributed by atoms with Crippen LogP contribution in [-0.2, 0) is 0 Å². The second kappa shape index (κ2) is 3.31. The van der Waals surface area contributed by atoms with Crippen LogP contribution >= 0.6 is 0 Å². The molecule has 0 spiro atoms. The van der Waals surface area contributed by atoms with Crippen LogP contribution < -0.4 is 4.74 Å². The number of carboxylic acids is 1. The first-order valence-electron chi connectivity index (χ1n) is 4.37. The lowest BCUT2D eigenvalue weighted by molar-refractivity contribution is 0.0676. The molecular formula is C10H10O4. The van der Waals surface area contributed by atoms with Crippen LogP contribution in [0.5, 0.6) is 5.75 Å². The Hall–Kier alpha value is -1.55. The normalized spacial score (nSPS) is 19.6. The van der Waals surface area contributed by atoms with Gasteiger partial charge in [-0.2, -0.15) is 0 Å². The maximum atomic E-state index is 10.9. The molecule has 1 aliphatic heterocycles. The molecule has 1 aliphatic rings. The van der Waals surface area contributed by atoms with Gasteiger partial charge in [0.05, 0.1) is 18.3 Å². The fourth-order valence-corrected chi connectivity index (χ4v) is 1.62. The molecule has 4 heteroatoms. The molecule has 0 fully saturated rings. The molecule has 1 unspecified atom stereocenters. The van der Waals surface area contributed by atoms with E-state index in [4.69, 9.17) is 9.84 Å². The van der Waals surface area contributed by atoms with Gasteiger partial charge < -0.3 is 14.9 Å². The highest BCUT2D eigenvalue weighted by Crippen LogP contribution is 2.34. The topological polar surface area (TPSA) is 66.8 Å². The number of carbonyl (C=O) groups is 1. The van der Waals surface area contributed by atoms with Gasteiger partial charge in [-0.3, -0.25) is 0 Å². The number of benzene rings is 1. The van der Waals surface area contributed by atoms with Crippen LogP contribution in [0, 0.1) is 0 Å². The van der Waals surface area contributed by atoms with E-state index < -0.39 is 12.1 Å². The average Bonchev–Trinajstić information content (AvgIpc) is 2.17. The molecule has 2 rings (SSSR count). The second-order valence-corrected chi connectivity index (χ2v) is 3.18. The van der Waals surface area contributed by atoms with Crippen molar-refractivity contribution in [3.63, 3.8) is 0 Å². The molecule has 1 atom stereocenters. The molecule has 1 heterocycles. The number of rotatable bonds is 1. The van der Waals surface area contributed by atoms with Crippen molar-refractivity contribution < 1.29 is 19.7 Å². The molecule has 0 saturated heterocycles. The van der Waals surface area contributed by atoms with Crippen molar-refractivity contribution in [1.29, 1.82) is 0 Å². The summed E-state index contributed by atoms with van der Waals surface area (Å²) in [5, 5.41) is 18.5. The summed E-state index contributed by atoms with van der Waals surface area (Å²) in [7, 11) is 0. The maximum absolute atomic E-state index is 10.9. The Kier molecular flexibility index (Phi) is 2.13.